The van der Waals surface area contributed by atoms with Gasteiger partial charge >= 0.3 is 0 Å². The van der Waals surface area contributed by atoms with Crippen LogP contribution in [0.5, 0.6) is 0 Å². The van der Waals surface area contributed by atoms with Gasteiger partial charge in [-0.05, 0) is 17.7 Å². The second-order valence-corrected chi connectivity index (χ2v) is 5.78. The van der Waals surface area contributed by atoms with Crippen LogP contribution in [0.1, 0.15) is 18.1 Å². The third-order valence-corrected chi connectivity index (χ3v) is 4.01. The first-order valence-electron chi connectivity index (χ1n) is 5.89. The zero-order valence-corrected chi connectivity index (χ0v) is 11.9. The normalized spacial score (nSPS) is 11.2. The molecule has 0 aliphatic carbocycles. The number of hydrogen-bond donors (Lipinski definition) is 2. The lowest BCUT2D eigenvalue weighted by atomic mass is 10.1. The summed E-state index contributed by atoms with van der Waals surface area (Å²) in [5.41, 5.74) is 1.66. The van der Waals surface area contributed by atoms with E-state index in [0.29, 0.717) is 13.1 Å². The second kappa shape index (κ2) is 7.26. The molecule has 1 aromatic rings. The molecule has 0 saturated heterocycles. The third-order valence-electron chi connectivity index (χ3n) is 2.41. The molecule has 6 heteroatoms. The van der Waals surface area contributed by atoms with Gasteiger partial charge < -0.3 is 5.11 Å². The van der Waals surface area contributed by atoms with Crippen LogP contribution in [-0.4, -0.2) is 38.0 Å². The summed E-state index contributed by atoms with van der Waals surface area (Å²) in [7, 11) is -1.89. The fraction of sp³-hybridized carbons (Fsp3) is 0.385. The number of hydrogen-bond acceptors (Lipinski definition) is 3. The predicted octanol–water partition coefficient (Wildman–Crippen LogP) is 0.317. The molecule has 0 aliphatic heterocycles. The van der Waals surface area contributed by atoms with Crippen LogP contribution >= 0.6 is 0 Å². The lowest BCUT2D eigenvalue weighted by Crippen LogP contribution is -2.37. The number of nitrogens with one attached hydrogen (secondary N) is 1. The maximum atomic E-state index is 11.7. The van der Waals surface area contributed by atoms with Gasteiger partial charge in [-0.1, -0.05) is 30.9 Å². The summed E-state index contributed by atoms with van der Waals surface area (Å²) < 4.78 is 27.1. The van der Waals surface area contributed by atoms with Crippen molar-refractivity contribution in [3.8, 4) is 11.8 Å². The second-order valence-electron chi connectivity index (χ2n) is 3.92. The molecule has 5 nitrogen and oxygen atoms in total. The van der Waals surface area contributed by atoms with Crippen molar-refractivity contribution in [1.29, 1.82) is 0 Å². The van der Waals surface area contributed by atoms with Crippen LogP contribution in [0.2, 0.25) is 0 Å². The third kappa shape index (κ3) is 5.01. The van der Waals surface area contributed by atoms with Crippen LogP contribution in [0.15, 0.2) is 24.3 Å². The average molecular weight is 282 g/mol. The van der Waals surface area contributed by atoms with E-state index in [4.69, 9.17) is 5.11 Å². The van der Waals surface area contributed by atoms with E-state index in [1.807, 2.05) is 12.1 Å². The monoisotopic (exact) mass is 282 g/mol. The quantitative estimate of drug-likeness (QED) is 0.764. The van der Waals surface area contributed by atoms with Crippen LogP contribution in [0, 0.1) is 11.8 Å². The van der Waals surface area contributed by atoms with Gasteiger partial charge in [0.1, 0.15) is 6.61 Å². The highest BCUT2D eigenvalue weighted by Crippen LogP contribution is 2.08. The van der Waals surface area contributed by atoms with Gasteiger partial charge in [-0.15, -0.1) is 0 Å². The van der Waals surface area contributed by atoms with Gasteiger partial charge in [0.05, 0.1) is 0 Å². The summed E-state index contributed by atoms with van der Waals surface area (Å²) in [6.07, 6.45) is 0. The summed E-state index contributed by atoms with van der Waals surface area (Å²) in [5.74, 6) is 5.34. The van der Waals surface area contributed by atoms with Crippen LogP contribution in [0.3, 0.4) is 0 Å². The fourth-order valence-electron chi connectivity index (χ4n) is 1.47. The Morgan fingerprint density at radius 1 is 1.32 bits per heavy atom. The van der Waals surface area contributed by atoms with Crippen molar-refractivity contribution in [2.75, 3.05) is 20.2 Å². The molecule has 1 rings (SSSR count). The fourth-order valence-corrected chi connectivity index (χ4v) is 2.37. The van der Waals surface area contributed by atoms with Gasteiger partial charge in [-0.25, -0.2) is 4.72 Å². The minimum atomic E-state index is -3.41. The molecule has 0 aliphatic rings. The Labute approximate surface area is 114 Å². The molecule has 0 atom stereocenters. The Hall–Kier alpha value is -1.39. The Kier molecular flexibility index (Phi) is 5.99. The van der Waals surface area contributed by atoms with E-state index >= 15 is 0 Å². The lowest BCUT2D eigenvalue weighted by Gasteiger charge is -2.17. The highest BCUT2D eigenvalue weighted by molar-refractivity contribution is 7.87. The van der Waals surface area contributed by atoms with Crippen LogP contribution < -0.4 is 4.72 Å². The van der Waals surface area contributed by atoms with E-state index in [2.05, 4.69) is 16.6 Å². The molecule has 0 heterocycles. The van der Waals surface area contributed by atoms with E-state index in [-0.39, 0.29) is 6.61 Å². The molecule has 104 valence electrons. The van der Waals surface area contributed by atoms with Crippen molar-refractivity contribution in [1.82, 2.24) is 9.03 Å². The SMILES string of the molecule is CCNS(=O)(=O)N(C)Cc1ccc(C#CCO)cc1. The van der Waals surface area contributed by atoms with Gasteiger partial charge in [-0.2, -0.15) is 12.7 Å². The molecule has 0 spiro atoms. The van der Waals surface area contributed by atoms with Crippen molar-refractivity contribution >= 4 is 10.2 Å². The number of aliphatic hydroxyl groups excluding tert-OH is 1. The van der Waals surface area contributed by atoms with Gasteiger partial charge in [0, 0.05) is 25.7 Å². The van der Waals surface area contributed by atoms with E-state index in [0.717, 1.165) is 11.1 Å². The van der Waals surface area contributed by atoms with E-state index < -0.39 is 10.2 Å². The Morgan fingerprint density at radius 3 is 2.47 bits per heavy atom. The molecule has 0 fully saturated rings. The van der Waals surface area contributed by atoms with Crippen LogP contribution in [0.25, 0.3) is 0 Å². The van der Waals surface area contributed by atoms with Gasteiger partial charge in [-0.3, -0.25) is 0 Å². The molecular formula is C13H18N2O3S. The minimum Gasteiger partial charge on any atom is -0.384 e. The molecule has 19 heavy (non-hydrogen) atoms. The zero-order chi connectivity index (χ0) is 14.3. The molecule has 0 aromatic heterocycles. The largest absolute Gasteiger partial charge is 0.384 e. The standard InChI is InChI=1S/C13H18N2O3S/c1-3-14-19(17,18)15(2)11-13-8-6-12(7-9-13)5-4-10-16/h6-9,14,16H,3,10-11H2,1-2H3. The maximum absolute atomic E-state index is 11.7. The molecule has 0 amide bonds. The molecular weight excluding hydrogens is 264 g/mol. The molecule has 0 bridgehead atoms. The minimum absolute atomic E-state index is 0.175. The molecule has 2 N–H and O–H groups in total. The van der Waals surface area contributed by atoms with Crippen LogP contribution in [0.4, 0.5) is 0 Å². The number of benzene rings is 1. The summed E-state index contributed by atoms with van der Waals surface area (Å²) in [4.78, 5) is 0. The first-order valence-corrected chi connectivity index (χ1v) is 7.33. The summed E-state index contributed by atoms with van der Waals surface area (Å²) in [6, 6.07) is 7.23. The summed E-state index contributed by atoms with van der Waals surface area (Å²) in [6.45, 7) is 2.22. The van der Waals surface area contributed by atoms with E-state index in [1.165, 1.54) is 11.4 Å². The van der Waals surface area contributed by atoms with Crippen molar-refractivity contribution in [3.05, 3.63) is 35.4 Å². The maximum Gasteiger partial charge on any atom is 0.279 e. The van der Waals surface area contributed by atoms with Gasteiger partial charge in [0.25, 0.3) is 10.2 Å². The van der Waals surface area contributed by atoms with Gasteiger partial charge in [0.15, 0.2) is 0 Å². The predicted molar refractivity (Wildman–Crippen MR) is 74.5 cm³/mol. The van der Waals surface area contributed by atoms with Crippen molar-refractivity contribution in [3.63, 3.8) is 0 Å². The highest BCUT2D eigenvalue weighted by Gasteiger charge is 2.15. The van der Waals surface area contributed by atoms with E-state index in [1.54, 1.807) is 19.1 Å². The average Bonchev–Trinajstić information content (AvgIpc) is 2.38. The number of rotatable bonds is 5. The first-order chi connectivity index (χ1) is 8.99. The molecule has 0 unspecified atom stereocenters. The Morgan fingerprint density at radius 2 is 1.95 bits per heavy atom. The summed E-state index contributed by atoms with van der Waals surface area (Å²) >= 11 is 0. The number of nitrogens with zero attached hydrogens (tertiary/aromatic N) is 1. The smallest absolute Gasteiger partial charge is 0.279 e. The molecule has 0 saturated carbocycles. The molecule has 1 aromatic carbocycles. The first kappa shape index (κ1) is 15.7. The van der Waals surface area contributed by atoms with E-state index in [9.17, 15) is 8.42 Å². The molecule has 0 radical (unpaired) electrons. The highest BCUT2D eigenvalue weighted by atomic mass is 32.2. The van der Waals surface area contributed by atoms with Gasteiger partial charge in [0.2, 0.25) is 0 Å². The van der Waals surface area contributed by atoms with Crippen molar-refractivity contribution < 1.29 is 13.5 Å². The Bertz CT molecular complexity index is 556. The lowest BCUT2D eigenvalue weighted by molar-refractivity contribution is 0.350. The Balaban J connectivity index is 2.73. The topological polar surface area (TPSA) is 69.6 Å². The zero-order valence-electron chi connectivity index (χ0n) is 11.0. The number of aliphatic hydroxyl groups is 1. The summed E-state index contributed by atoms with van der Waals surface area (Å²) in [5, 5.41) is 8.59. The van der Waals surface area contributed by atoms with Crippen molar-refractivity contribution in [2.24, 2.45) is 0 Å². The van der Waals surface area contributed by atoms with Crippen molar-refractivity contribution in [2.45, 2.75) is 13.5 Å². The van der Waals surface area contributed by atoms with Crippen LogP contribution in [-0.2, 0) is 16.8 Å².